The first-order valence-electron chi connectivity index (χ1n) is 5.56. The maximum atomic E-state index is 10.2. The highest BCUT2D eigenvalue weighted by Crippen LogP contribution is 2.45. The predicted octanol–water partition coefficient (Wildman–Crippen LogP) is 1.14. The fourth-order valence-corrected chi connectivity index (χ4v) is 2.96. The summed E-state index contributed by atoms with van der Waals surface area (Å²) in [4.78, 5) is 10.2. The van der Waals surface area contributed by atoms with Crippen LogP contribution in [0.5, 0.6) is 0 Å². The van der Waals surface area contributed by atoms with E-state index in [-0.39, 0.29) is 6.61 Å². The van der Waals surface area contributed by atoms with Crippen molar-refractivity contribution in [1.82, 2.24) is 0 Å². The summed E-state index contributed by atoms with van der Waals surface area (Å²) in [7, 11) is 0. The van der Waals surface area contributed by atoms with Crippen LogP contribution in [0.4, 0.5) is 0 Å². The first-order valence-corrected chi connectivity index (χ1v) is 5.56. The molecule has 2 saturated heterocycles. The van der Waals surface area contributed by atoms with E-state index in [2.05, 4.69) is 0 Å². The van der Waals surface area contributed by atoms with Crippen LogP contribution < -0.4 is 0 Å². The van der Waals surface area contributed by atoms with Crippen molar-refractivity contribution in [2.24, 2.45) is 11.8 Å². The van der Waals surface area contributed by atoms with E-state index >= 15 is 0 Å². The Hall–Kier alpha value is -0.410. The van der Waals surface area contributed by atoms with E-state index in [1.165, 1.54) is 0 Å². The number of hydrogen-bond acceptors (Lipinski definition) is 3. The fourth-order valence-electron chi connectivity index (χ4n) is 2.96. The number of unbranched alkanes of at least 4 members (excludes halogenated alkanes) is 1. The molecule has 2 bridgehead atoms. The molecule has 0 amide bonds. The van der Waals surface area contributed by atoms with Crippen LogP contribution in [0.1, 0.15) is 32.1 Å². The molecule has 1 N–H and O–H groups in total. The highest BCUT2D eigenvalue weighted by molar-refractivity contribution is 5.48. The largest absolute Gasteiger partial charge is 0.396 e. The highest BCUT2D eigenvalue weighted by atomic mass is 16.5. The van der Waals surface area contributed by atoms with E-state index in [9.17, 15) is 9.90 Å². The molecule has 0 aromatic rings. The SMILES string of the molecule is O=CCCC[C@@H]1C(CO)C2CC[C@H]1O2. The molecule has 0 aliphatic carbocycles. The molecule has 2 fully saturated rings. The van der Waals surface area contributed by atoms with Gasteiger partial charge >= 0.3 is 0 Å². The van der Waals surface area contributed by atoms with Crippen molar-refractivity contribution in [2.75, 3.05) is 6.61 Å². The summed E-state index contributed by atoms with van der Waals surface area (Å²) in [6.45, 7) is 0.243. The summed E-state index contributed by atoms with van der Waals surface area (Å²) in [6.07, 6.45) is 6.51. The smallest absolute Gasteiger partial charge is 0.119 e. The van der Waals surface area contributed by atoms with Gasteiger partial charge in [0.1, 0.15) is 6.29 Å². The lowest BCUT2D eigenvalue weighted by Crippen LogP contribution is -2.29. The zero-order valence-electron chi connectivity index (χ0n) is 8.39. The molecule has 0 saturated carbocycles. The molecule has 80 valence electrons. The molecule has 0 aromatic carbocycles. The van der Waals surface area contributed by atoms with Crippen molar-refractivity contribution < 1.29 is 14.6 Å². The van der Waals surface area contributed by atoms with E-state index in [1.54, 1.807) is 0 Å². The summed E-state index contributed by atoms with van der Waals surface area (Å²) >= 11 is 0. The van der Waals surface area contributed by atoms with Crippen molar-refractivity contribution in [1.29, 1.82) is 0 Å². The van der Waals surface area contributed by atoms with Gasteiger partial charge in [0, 0.05) is 18.9 Å². The summed E-state index contributed by atoms with van der Waals surface area (Å²) in [6, 6.07) is 0. The average molecular weight is 198 g/mol. The second-order valence-corrected chi connectivity index (χ2v) is 4.40. The number of ether oxygens (including phenoxy) is 1. The Morgan fingerprint density at radius 2 is 2.00 bits per heavy atom. The Kier molecular flexibility index (Phi) is 3.19. The Balaban J connectivity index is 1.86. The number of aliphatic hydroxyl groups is 1. The average Bonchev–Trinajstić information content (AvgIpc) is 2.78. The molecular formula is C11H18O3. The number of hydrogen-bond donors (Lipinski definition) is 1. The number of aldehydes is 1. The zero-order chi connectivity index (χ0) is 9.97. The van der Waals surface area contributed by atoms with Gasteiger partial charge in [0.25, 0.3) is 0 Å². The van der Waals surface area contributed by atoms with Crippen LogP contribution in [0, 0.1) is 11.8 Å². The van der Waals surface area contributed by atoms with Crippen LogP contribution in [0.2, 0.25) is 0 Å². The quantitative estimate of drug-likeness (QED) is 0.532. The fraction of sp³-hybridized carbons (Fsp3) is 0.909. The van der Waals surface area contributed by atoms with Gasteiger partial charge in [0.2, 0.25) is 0 Å². The van der Waals surface area contributed by atoms with E-state index < -0.39 is 0 Å². The van der Waals surface area contributed by atoms with Crippen molar-refractivity contribution in [2.45, 2.75) is 44.3 Å². The van der Waals surface area contributed by atoms with Gasteiger partial charge in [0.05, 0.1) is 12.2 Å². The molecule has 0 radical (unpaired) electrons. The summed E-state index contributed by atoms with van der Waals surface area (Å²) in [5.41, 5.74) is 0. The summed E-state index contributed by atoms with van der Waals surface area (Å²) < 4.78 is 5.77. The second-order valence-electron chi connectivity index (χ2n) is 4.40. The van der Waals surface area contributed by atoms with Gasteiger partial charge < -0.3 is 14.6 Å². The molecule has 2 aliphatic heterocycles. The lowest BCUT2D eigenvalue weighted by atomic mass is 9.77. The topological polar surface area (TPSA) is 46.5 Å². The number of aliphatic hydroxyl groups excluding tert-OH is 1. The third-order valence-corrected chi connectivity index (χ3v) is 3.66. The molecule has 2 heterocycles. The van der Waals surface area contributed by atoms with Gasteiger partial charge in [-0.15, -0.1) is 0 Å². The van der Waals surface area contributed by atoms with Crippen LogP contribution >= 0.6 is 0 Å². The first-order chi connectivity index (χ1) is 6.86. The Bertz CT molecular complexity index is 205. The number of fused-ring (bicyclic) bond motifs is 2. The second kappa shape index (κ2) is 4.41. The standard InChI is InChI=1S/C11H18O3/c12-6-2-1-3-8-9(7-13)11-5-4-10(8)14-11/h6,8-11,13H,1-5,7H2/t8-,9?,10-,11?/m1/s1. The zero-order valence-corrected chi connectivity index (χ0v) is 8.39. The van der Waals surface area contributed by atoms with E-state index in [4.69, 9.17) is 4.74 Å². The lowest BCUT2D eigenvalue weighted by Gasteiger charge is -2.25. The molecule has 0 aromatic heterocycles. The van der Waals surface area contributed by atoms with Gasteiger partial charge in [-0.2, -0.15) is 0 Å². The van der Waals surface area contributed by atoms with Crippen LogP contribution in [-0.4, -0.2) is 30.2 Å². The Morgan fingerprint density at radius 3 is 2.64 bits per heavy atom. The van der Waals surface area contributed by atoms with Crippen LogP contribution in [0.25, 0.3) is 0 Å². The minimum Gasteiger partial charge on any atom is -0.396 e. The number of carbonyl (C=O) groups excluding carboxylic acids is 1. The number of carbonyl (C=O) groups is 1. The van der Waals surface area contributed by atoms with Crippen LogP contribution in [-0.2, 0) is 9.53 Å². The minimum atomic E-state index is 0.243. The molecular weight excluding hydrogens is 180 g/mol. The number of rotatable bonds is 5. The van der Waals surface area contributed by atoms with Crippen molar-refractivity contribution in [3.05, 3.63) is 0 Å². The first kappa shape index (κ1) is 10.1. The highest BCUT2D eigenvalue weighted by Gasteiger charge is 2.47. The van der Waals surface area contributed by atoms with Gasteiger partial charge in [-0.25, -0.2) is 0 Å². The molecule has 2 rings (SSSR count). The maximum absolute atomic E-state index is 10.2. The molecule has 0 spiro atoms. The maximum Gasteiger partial charge on any atom is 0.119 e. The molecule has 3 heteroatoms. The monoisotopic (exact) mass is 198 g/mol. The van der Waals surface area contributed by atoms with Gasteiger partial charge in [-0.3, -0.25) is 0 Å². The summed E-state index contributed by atoms with van der Waals surface area (Å²) in [5.74, 6) is 0.833. The van der Waals surface area contributed by atoms with Gasteiger partial charge in [-0.05, 0) is 31.6 Å². The normalized spacial score (nSPS) is 40.4. The molecule has 3 nitrogen and oxygen atoms in total. The predicted molar refractivity (Wildman–Crippen MR) is 51.9 cm³/mol. The van der Waals surface area contributed by atoms with Gasteiger partial charge in [0.15, 0.2) is 0 Å². The van der Waals surface area contributed by atoms with E-state index in [0.29, 0.717) is 30.5 Å². The Morgan fingerprint density at radius 1 is 1.29 bits per heavy atom. The Labute approximate surface area is 84.4 Å². The van der Waals surface area contributed by atoms with Crippen LogP contribution in [0.15, 0.2) is 0 Å². The minimum absolute atomic E-state index is 0.243. The summed E-state index contributed by atoms with van der Waals surface area (Å²) in [5, 5.41) is 9.27. The molecule has 2 aliphatic rings. The third kappa shape index (κ3) is 1.71. The van der Waals surface area contributed by atoms with Crippen molar-refractivity contribution in [3.8, 4) is 0 Å². The third-order valence-electron chi connectivity index (χ3n) is 3.66. The van der Waals surface area contributed by atoms with Gasteiger partial charge in [-0.1, -0.05) is 0 Å². The van der Waals surface area contributed by atoms with Crippen molar-refractivity contribution >= 4 is 6.29 Å². The molecule has 2 unspecified atom stereocenters. The van der Waals surface area contributed by atoms with E-state index in [0.717, 1.165) is 32.0 Å². The molecule has 14 heavy (non-hydrogen) atoms. The van der Waals surface area contributed by atoms with E-state index in [1.807, 2.05) is 0 Å². The molecule has 4 atom stereocenters. The lowest BCUT2D eigenvalue weighted by molar-refractivity contribution is -0.108. The van der Waals surface area contributed by atoms with Crippen molar-refractivity contribution in [3.63, 3.8) is 0 Å². The van der Waals surface area contributed by atoms with Crippen LogP contribution in [0.3, 0.4) is 0 Å².